The minimum absolute atomic E-state index is 0.360. The van der Waals surface area contributed by atoms with Crippen LogP contribution in [0.5, 0.6) is 0 Å². The van der Waals surface area contributed by atoms with E-state index >= 15 is 0 Å². The number of benzene rings is 1. The fraction of sp³-hybridized carbons (Fsp3) is 0.308. The summed E-state index contributed by atoms with van der Waals surface area (Å²) < 4.78 is 4.95. The fourth-order valence-electron chi connectivity index (χ4n) is 1.07. The van der Waals surface area contributed by atoms with E-state index in [1.54, 1.807) is 51.1 Å². The van der Waals surface area contributed by atoms with Crippen molar-refractivity contribution >= 4 is 18.2 Å². The van der Waals surface area contributed by atoms with E-state index in [2.05, 4.69) is 9.99 Å². The quantitative estimate of drug-likeness (QED) is 0.356. The van der Waals surface area contributed by atoms with Crippen molar-refractivity contribution in [3.05, 3.63) is 35.9 Å². The molecule has 0 unspecified atom stereocenters. The SMILES string of the molecule is CC(C)(C)OC(=O)/C=N/OC(=O)c1ccccc1. The molecule has 0 aliphatic carbocycles. The van der Waals surface area contributed by atoms with Gasteiger partial charge in [-0.25, -0.2) is 9.59 Å². The van der Waals surface area contributed by atoms with Gasteiger partial charge < -0.3 is 9.57 Å². The average molecular weight is 249 g/mol. The van der Waals surface area contributed by atoms with E-state index in [9.17, 15) is 9.59 Å². The van der Waals surface area contributed by atoms with Gasteiger partial charge in [0.1, 0.15) is 5.60 Å². The number of oxime groups is 1. The molecule has 0 N–H and O–H groups in total. The van der Waals surface area contributed by atoms with Gasteiger partial charge in [-0.05, 0) is 32.9 Å². The molecule has 0 aliphatic rings. The van der Waals surface area contributed by atoms with E-state index in [4.69, 9.17) is 4.74 Å². The van der Waals surface area contributed by atoms with Crippen LogP contribution in [0.25, 0.3) is 0 Å². The maximum Gasteiger partial charge on any atom is 0.365 e. The molecule has 0 amide bonds. The van der Waals surface area contributed by atoms with Crippen LogP contribution < -0.4 is 0 Å². The maximum absolute atomic E-state index is 11.4. The molecule has 0 saturated carbocycles. The predicted octanol–water partition coefficient (Wildman–Crippen LogP) is 2.17. The third kappa shape index (κ3) is 5.25. The summed E-state index contributed by atoms with van der Waals surface area (Å²) in [4.78, 5) is 27.2. The van der Waals surface area contributed by atoms with Crippen LogP contribution in [0.4, 0.5) is 0 Å². The van der Waals surface area contributed by atoms with Crippen molar-refractivity contribution in [2.24, 2.45) is 5.16 Å². The molecule has 0 fully saturated rings. The summed E-state index contributed by atoms with van der Waals surface area (Å²) in [6, 6.07) is 8.36. The molecule has 0 heterocycles. The summed E-state index contributed by atoms with van der Waals surface area (Å²) in [7, 11) is 0. The van der Waals surface area contributed by atoms with Crippen molar-refractivity contribution in [2.75, 3.05) is 0 Å². The number of hydrogen-bond donors (Lipinski definition) is 0. The van der Waals surface area contributed by atoms with Gasteiger partial charge in [-0.1, -0.05) is 23.4 Å². The van der Waals surface area contributed by atoms with Gasteiger partial charge in [-0.15, -0.1) is 0 Å². The van der Waals surface area contributed by atoms with Crippen molar-refractivity contribution in [3.63, 3.8) is 0 Å². The van der Waals surface area contributed by atoms with Gasteiger partial charge in [0.2, 0.25) is 0 Å². The molecule has 0 atom stereocenters. The highest BCUT2D eigenvalue weighted by atomic mass is 16.7. The zero-order valence-corrected chi connectivity index (χ0v) is 10.5. The smallest absolute Gasteiger partial charge is 0.365 e. The largest absolute Gasteiger partial charge is 0.456 e. The van der Waals surface area contributed by atoms with E-state index in [0.717, 1.165) is 6.21 Å². The van der Waals surface area contributed by atoms with Crippen LogP contribution in [0, 0.1) is 0 Å². The first-order chi connectivity index (χ1) is 8.38. The minimum atomic E-state index is -0.664. The molecule has 96 valence electrons. The number of carbonyl (C=O) groups excluding carboxylic acids is 2. The molecule has 1 aromatic carbocycles. The minimum Gasteiger partial charge on any atom is -0.456 e. The Kier molecular flexibility index (Phi) is 4.59. The fourth-order valence-corrected chi connectivity index (χ4v) is 1.07. The Morgan fingerprint density at radius 2 is 1.78 bits per heavy atom. The molecule has 5 nitrogen and oxygen atoms in total. The van der Waals surface area contributed by atoms with Gasteiger partial charge in [0.05, 0.1) is 5.56 Å². The third-order valence-corrected chi connectivity index (χ3v) is 1.71. The topological polar surface area (TPSA) is 65.0 Å². The van der Waals surface area contributed by atoms with Gasteiger partial charge in [0, 0.05) is 0 Å². The highest BCUT2D eigenvalue weighted by Gasteiger charge is 2.14. The summed E-state index contributed by atoms with van der Waals surface area (Å²) in [5.74, 6) is -1.29. The standard InChI is InChI=1S/C13H15NO4/c1-13(2,3)17-11(15)9-14-18-12(16)10-7-5-4-6-8-10/h4-9H,1-3H3/b14-9+. The Balaban J connectivity index is 2.46. The molecule has 1 aromatic rings. The lowest BCUT2D eigenvalue weighted by Gasteiger charge is -2.17. The third-order valence-electron chi connectivity index (χ3n) is 1.71. The van der Waals surface area contributed by atoms with Gasteiger partial charge in [-0.2, -0.15) is 0 Å². The Labute approximate surface area is 105 Å². The number of nitrogens with zero attached hydrogens (tertiary/aromatic N) is 1. The van der Waals surface area contributed by atoms with Gasteiger partial charge in [0.15, 0.2) is 6.21 Å². The first kappa shape index (κ1) is 13.9. The molecule has 0 aromatic heterocycles. The Hall–Kier alpha value is -2.17. The van der Waals surface area contributed by atoms with Crippen LogP contribution in [0.2, 0.25) is 0 Å². The van der Waals surface area contributed by atoms with Crippen LogP contribution in [-0.4, -0.2) is 23.8 Å². The summed E-state index contributed by atoms with van der Waals surface area (Å²) >= 11 is 0. The number of hydrogen-bond acceptors (Lipinski definition) is 5. The van der Waals surface area contributed by atoms with Crippen molar-refractivity contribution in [3.8, 4) is 0 Å². The first-order valence-corrected chi connectivity index (χ1v) is 5.41. The van der Waals surface area contributed by atoms with Crippen molar-refractivity contribution in [2.45, 2.75) is 26.4 Å². The maximum atomic E-state index is 11.4. The Morgan fingerprint density at radius 3 is 2.33 bits per heavy atom. The molecule has 0 spiro atoms. The Bertz CT molecular complexity index is 446. The molecule has 0 aliphatic heterocycles. The van der Waals surface area contributed by atoms with E-state index < -0.39 is 17.5 Å². The molecular weight excluding hydrogens is 234 g/mol. The number of rotatable bonds is 3. The van der Waals surface area contributed by atoms with Crippen LogP contribution >= 0.6 is 0 Å². The summed E-state index contributed by atoms with van der Waals surface area (Å²) in [5.41, 5.74) is -0.245. The number of esters is 1. The summed E-state index contributed by atoms with van der Waals surface area (Å²) in [6.07, 6.45) is 0.825. The second-order valence-electron chi connectivity index (χ2n) is 4.51. The van der Waals surface area contributed by atoms with E-state index in [1.165, 1.54) is 0 Å². The van der Waals surface area contributed by atoms with E-state index in [-0.39, 0.29) is 0 Å². The molecule has 0 radical (unpaired) electrons. The summed E-state index contributed by atoms with van der Waals surface area (Å²) in [5, 5.41) is 3.28. The normalized spacial score (nSPS) is 11.3. The van der Waals surface area contributed by atoms with Crippen LogP contribution in [0.1, 0.15) is 31.1 Å². The molecule has 18 heavy (non-hydrogen) atoms. The predicted molar refractivity (Wildman–Crippen MR) is 66.2 cm³/mol. The highest BCUT2D eigenvalue weighted by Crippen LogP contribution is 2.06. The zero-order valence-electron chi connectivity index (χ0n) is 10.5. The molecule has 5 heteroatoms. The monoisotopic (exact) mass is 249 g/mol. The lowest BCUT2D eigenvalue weighted by molar-refractivity contribution is -0.145. The first-order valence-electron chi connectivity index (χ1n) is 5.41. The van der Waals surface area contributed by atoms with Crippen LogP contribution in [0.3, 0.4) is 0 Å². The molecule has 0 bridgehead atoms. The van der Waals surface area contributed by atoms with Crippen molar-refractivity contribution < 1.29 is 19.2 Å². The zero-order chi connectivity index (χ0) is 13.6. The van der Waals surface area contributed by atoms with Crippen LogP contribution in [-0.2, 0) is 14.4 Å². The second kappa shape index (κ2) is 5.95. The van der Waals surface area contributed by atoms with Crippen LogP contribution in [0.15, 0.2) is 35.5 Å². The van der Waals surface area contributed by atoms with Crippen molar-refractivity contribution in [1.29, 1.82) is 0 Å². The van der Waals surface area contributed by atoms with Crippen molar-refractivity contribution in [1.82, 2.24) is 0 Å². The lowest BCUT2D eigenvalue weighted by atomic mass is 10.2. The van der Waals surface area contributed by atoms with E-state index in [0.29, 0.717) is 5.56 Å². The van der Waals surface area contributed by atoms with E-state index in [1.807, 2.05) is 0 Å². The summed E-state index contributed by atoms with van der Waals surface area (Å²) in [6.45, 7) is 5.19. The molecular formula is C13H15NO4. The number of ether oxygens (including phenoxy) is 1. The molecule has 1 rings (SSSR count). The Morgan fingerprint density at radius 1 is 1.17 bits per heavy atom. The highest BCUT2D eigenvalue weighted by molar-refractivity contribution is 6.23. The molecule has 0 saturated heterocycles. The van der Waals surface area contributed by atoms with Gasteiger partial charge in [-0.3, -0.25) is 0 Å². The number of carbonyl (C=O) groups is 2. The van der Waals surface area contributed by atoms with Gasteiger partial charge >= 0.3 is 11.9 Å². The lowest BCUT2D eigenvalue weighted by Crippen LogP contribution is -2.24. The average Bonchev–Trinajstić information content (AvgIpc) is 2.27. The van der Waals surface area contributed by atoms with Gasteiger partial charge in [0.25, 0.3) is 0 Å². The second-order valence-corrected chi connectivity index (χ2v) is 4.51.